The Labute approximate surface area is 170 Å². The van der Waals surface area contributed by atoms with Gasteiger partial charge in [-0.25, -0.2) is 4.68 Å². The molecule has 136 valence electrons. The second kappa shape index (κ2) is 7.42. The third-order valence-electron chi connectivity index (χ3n) is 4.32. The first-order valence-electron chi connectivity index (χ1n) is 8.48. The molecule has 0 aliphatic carbocycles. The number of carbonyl (C=O) groups is 1. The molecule has 0 fully saturated rings. The molecule has 0 amide bonds. The number of thioether (sulfide) groups is 1. The van der Waals surface area contributed by atoms with Gasteiger partial charge in [-0.2, -0.15) is 0 Å². The number of hydrogen-bond donors (Lipinski definition) is 1. The number of nitrogens with one attached hydrogen (secondary N) is 1. The van der Waals surface area contributed by atoms with Crippen LogP contribution in [-0.2, 0) is 0 Å². The highest BCUT2D eigenvalue weighted by molar-refractivity contribution is 8.02. The highest BCUT2D eigenvalue weighted by Gasteiger charge is 2.23. The van der Waals surface area contributed by atoms with Crippen LogP contribution in [0.1, 0.15) is 23.0 Å². The Kier molecular flexibility index (Phi) is 4.99. The molecular weight excluding hydrogens is 394 g/mol. The maximum absolute atomic E-state index is 13.1. The fourth-order valence-electron chi connectivity index (χ4n) is 3.04. The number of aromatic nitrogens is 3. The van der Waals surface area contributed by atoms with Crippen LogP contribution in [0.15, 0.2) is 58.9 Å². The summed E-state index contributed by atoms with van der Waals surface area (Å²) in [7, 11) is 0. The lowest BCUT2D eigenvalue weighted by Gasteiger charge is -2.08. The third kappa shape index (κ3) is 3.50. The molecule has 27 heavy (non-hydrogen) atoms. The van der Waals surface area contributed by atoms with E-state index in [-0.39, 0.29) is 11.0 Å². The number of Topliss-reactive ketones (excluding diaryl/α,β-unsaturated/α-hetero) is 1. The fourth-order valence-corrected chi connectivity index (χ4v) is 5.61. The molecule has 4 nitrogen and oxygen atoms in total. The van der Waals surface area contributed by atoms with Crippen molar-refractivity contribution in [2.24, 2.45) is 0 Å². The SMILES string of the molecule is Cc1[nH]c2ccccc2c1C(=O)[C@@H](C)Sc1nn(-c2ccccc2)c(=S)s1. The number of H-pyrrole nitrogens is 1. The van der Waals surface area contributed by atoms with Crippen LogP contribution in [0.5, 0.6) is 0 Å². The van der Waals surface area contributed by atoms with Gasteiger partial charge in [0.05, 0.1) is 10.9 Å². The molecule has 0 spiro atoms. The summed E-state index contributed by atoms with van der Waals surface area (Å²) in [6.07, 6.45) is 0. The molecule has 1 atom stereocenters. The molecule has 4 rings (SSSR count). The van der Waals surface area contributed by atoms with Gasteiger partial charge in [0.25, 0.3) is 0 Å². The van der Waals surface area contributed by atoms with Gasteiger partial charge in [-0.05, 0) is 44.3 Å². The van der Waals surface area contributed by atoms with Gasteiger partial charge >= 0.3 is 0 Å². The summed E-state index contributed by atoms with van der Waals surface area (Å²) in [5.41, 5.74) is 3.57. The average molecular weight is 412 g/mol. The Morgan fingerprint density at radius 1 is 1.19 bits per heavy atom. The van der Waals surface area contributed by atoms with E-state index >= 15 is 0 Å². The van der Waals surface area contributed by atoms with Crippen molar-refractivity contribution in [3.8, 4) is 5.69 Å². The largest absolute Gasteiger partial charge is 0.358 e. The zero-order valence-electron chi connectivity index (χ0n) is 14.8. The van der Waals surface area contributed by atoms with Crippen molar-refractivity contribution < 1.29 is 4.79 Å². The quantitative estimate of drug-likeness (QED) is 0.255. The highest BCUT2D eigenvalue weighted by Crippen LogP contribution is 2.32. The number of aromatic amines is 1. The van der Waals surface area contributed by atoms with Crippen molar-refractivity contribution >= 4 is 52.0 Å². The smallest absolute Gasteiger partial charge is 0.184 e. The first-order valence-corrected chi connectivity index (χ1v) is 10.6. The van der Waals surface area contributed by atoms with E-state index in [1.165, 1.54) is 23.1 Å². The van der Waals surface area contributed by atoms with E-state index < -0.39 is 0 Å². The monoisotopic (exact) mass is 411 g/mol. The number of carbonyl (C=O) groups excluding carboxylic acids is 1. The molecule has 0 saturated carbocycles. The van der Waals surface area contributed by atoms with Gasteiger partial charge < -0.3 is 4.98 Å². The Hall–Kier alpha value is -2.22. The molecule has 4 aromatic rings. The lowest BCUT2D eigenvalue weighted by molar-refractivity contribution is 0.0995. The lowest BCUT2D eigenvalue weighted by Crippen LogP contribution is -2.14. The summed E-state index contributed by atoms with van der Waals surface area (Å²) in [6.45, 7) is 3.87. The first-order chi connectivity index (χ1) is 13.0. The molecule has 0 bridgehead atoms. The summed E-state index contributed by atoms with van der Waals surface area (Å²) in [5, 5.41) is 5.31. The fraction of sp³-hybridized carbons (Fsp3) is 0.150. The van der Waals surface area contributed by atoms with Gasteiger partial charge in [-0.1, -0.05) is 59.5 Å². The summed E-state index contributed by atoms with van der Waals surface area (Å²) in [6, 6.07) is 17.7. The summed E-state index contributed by atoms with van der Waals surface area (Å²) in [5.74, 6) is 0.0994. The van der Waals surface area contributed by atoms with Crippen molar-refractivity contribution in [3.05, 3.63) is 69.8 Å². The van der Waals surface area contributed by atoms with E-state index in [9.17, 15) is 4.79 Å². The Balaban J connectivity index is 1.61. The topological polar surface area (TPSA) is 50.7 Å². The molecule has 0 radical (unpaired) electrons. The number of para-hydroxylation sites is 2. The maximum atomic E-state index is 13.1. The number of hydrogen-bond acceptors (Lipinski definition) is 5. The van der Waals surface area contributed by atoms with Crippen LogP contribution >= 0.6 is 35.3 Å². The van der Waals surface area contributed by atoms with Crippen LogP contribution in [0, 0.1) is 10.9 Å². The minimum Gasteiger partial charge on any atom is -0.358 e. The van der Waals surface area contributed by atoms with Crippen LogP contribution in [0.3, 0.4) is 0 Å². The van der Waals surface area contributed by atoms with Crippen LogP contribution in [0.4, 0.5) is 0 Å². The Bertz CT molecular complexity index is 1170. The average Bonchev–Trinajstić information content (AvgIpc) is 3.20. The van der Waals surface area contributed by atoms with E-state index in [0.29, 0.717) is 3.95 Å². The molecule has 0 saturated heterocycles. The van der Waals surface area contributed by atoms with Gasteiger partial charge in [-0.15, -0.1) is 5.10 Å². The number of aryl methyl sites for hydroxylation is 1. The minimum absolute atomic E-state index is 0.0994. The number of ketones is 1. The molecule has 2 aromatic carbocycles. The van der Waals surface area contributed by atoms with Gasteiger partial charge in [0.2, 0.25) is 0 Å². The molecule has 1 N–H and O–H groups in total. The summed E-state index contributed by atoms with van der Waals surface area (Å²) >= 11 is 8.34. The lowest BCUT2D eigenvalue weighted by atomic mass is 10.1. The van der Waals surface area contributed by atoms with E-state index in [4.69, 9.17) is 12.2 Å². The first kappa shape index (κ1) is 18.2. The van der Waals surface area contributed by atoms with Gasteiger partial charge in [0, 0.05) is 22.2 Å². The predicted octanol–water partition coefficient (Wildman–Crippen LogP) is 5.82. The van der Waals surface area contributed by atoms with E-state index in [0.717, 1.165) is 32.2 Å². The van der Waals surface area contributed by atoms with E-state index in [1.54, 1.807) is 4.68 Å². The standard InChI is InChI=1S/C20H17N3OS3/c1-12-17(15-10-6-7-11-16(15)21-12)18(24)13(2)26-19-22-23(20(25)27-19)14-8-4-3-5-9-14/h3-11,13,21H,1-2H3/t13-/m1/s1. The summed E-state index contributed by atoms with van der Waals surface area (Å²) < 4.78 is 3.21. The van der Waals surface area contributed by atoms with Crippen LogP contribution in [0.25, 0.3) is 16.6 Å². The molecular formula is C20H17N3OS3. The molecule has 2 aromatic heterocycles. The number of rotatable bonds is 5. The van der Waals surface area contributed by atoms with Crippen molar-refractivity contribution in [1.82, 2.24) is 14.8 Å². The minimum atomic E-state index is -0.257. The van der Waals surface area contributed by atoms with Crippen molar-refractivity contribution in [1.29, 1.82) is 0 Å². The van der Waals surface area contributed by atoms with Crippen molar-refractivity contribution in [2.75, 3.05) is 0 Å². The number of nitrogens with zero attached hydrogens (tertiary/aromatic N) is 2. The van der Waals surface area contributed by atoms with Crippen molar-refractivity contribution in [3.63, 3.8) is 0 Å². The van der Waals surface area contributed by atoms with E-state index in [1.807, 2.05) is 68.4 Å². The number of fused-ring (bicyclic) bond motifs is 1. The zero-order valence-corrected chi connectivity index (χ0v) is 17.3. The summed E-state index contributed by atoms with van der Waals surface area (Å²) in [4.78, 5) is 16.4. The zero-order chi connectivity index (χ0) is 19.0. The Morgan fingerprint density at radius 3 is 2.67 bits per heavy atom. The number of benzene rings is 2. The second-order valence-electron chi connectivity index (χ2n) is 6.18. The molecule has 0 aliphatic heterocycles. The van der Waals surface area contributed by atoms with Crippen LogP contribution in [0.2, 0.25) is 0 Å². The molecule has 2 heterocycles. The third-order valence-corrected chi connectivity index (χ3v) is 6.73. The second-order valence-corrected chi connectivity index (χ2v) is 9.39. The Morgan fingerprint density at radius 2 is 1.89 bits per heavy atom. The molecule has 0 unspecified atom stereocenters. The van der Waals surface area contributed by atoms with Crippen LogP contribution < -0.4 is 0 Å². The normalized spacial score (nSPS) is 12.4. The molecule has 7 heteroatoms. The highest BCUT2D eigenvalue weighted by atomic mass is 32.2. The van der Waals surface area contributed by atoms with Gasteiger partial charge in [0.15, 0.2) is 14.1 Å². The van der Waals surface area contributed by atoms with Crippen molar-refractivity contribution in [2.45, 2.75) is 23.4 Å². The van der Waals surface area contributed by atoms with Crippen LogP contribution in [-0.4, -0.2) is 25.8 Å². The maximum Gasteiger partial charge on any atom is 0.184 e. The predicted molar refractivity (Wildman–Crippen MR) is 115 cm³/mol. The van der Waals surface area contributed by atoms with Gasteiger partial charge in [0.1, 0.15) is 0 Å². The molecule has 0 aliphatic rings. The van der Waals surface area contributed by atoms with E-state index in [2.05, 4.69) is 10.1 Å². The van der Waals surface area contributed by atoms with Gasteiger partial charge in [-0.3, -0.25) is 4.79 Å².